The molecule has 1 rings (SSSR count). The molecule has 1 N–H and O–H groups in total. The number of benzene rings is 1. The minimum atomic E-state index is -3.32. The summed E-state index contributed by atoms with van der Waals surface area (Å²) in [5.41, 5.74) is 1.94. The Kier molecular flexibility index (Phi) is 3.52. The van der Waals surface area contributed by atoms with Gasteiger partial charge in [-0.3, -0.25) is 0 Å². The number of hydrogen-bond donors (Lipinski definition) is 1. The fourth-order valence-electron chi connectivity index (χ4n) is 1.44. The molecular weight excluding hydrogens is 210 g/mol. The van der Waals surface area contributed by atoms with Crippen LogP contribution in [0.5, 0.6) is 0 Å². The lowest BCUT2D eigenvalue weighted by Gasteiger charge is -2.10. The van der Waals surface area contributed by atoms with Gasteiger partial charge in [-0.25, -0.2) is 13.1 Å². The van der Waals surface area contributed by atoms with Crippen molar-refractivity contribution in [2.45, 2.75) is 31.6 Å². The van der Waals surface area contributed by atoms with Gasteiger partial charge < -0.3 is 0 Å². The molecule has 84 valence electrons. The Balaban J connectivity index is 3.26. The van der Waals surface area contributed by atoms with Crippen molar-refractivity contribution in [3.63, 3.8) is 0 Å². The van der Waals surface area contributed by atoms with Crippen LogP contribution in [0.3, 0.4) is 0 Å². The van der Waals surface area contributed by atoms with Crippen molar-refractivity contribution in [3.05, 3.63) is 29.3 Å². The largest absolute Gasteiger partial charge is 0.240 e. The first-order chi connectivity index (χ1) is 6.88. The number of hydrogen-bond acceptors (Lipinski definition) is 2. The maximum Gasteiger partial charge on any atom is 0.240 e. The standard InChI is InChI=1S/C11H17NO2S/c1-8(2)10-5-6-11(9(3)7-10)15(13,14)12-4/h5-8,12H,1-4H3. The third kappa shape index (κ3) is 2.58. The molecule has 0 spiro atoms. The van der Waals surface area contributed by atoms with Gasteiger partial charge in [0.25, 0.3) is 0 Å². The first kappa shape index (κ1) is 12.2. The lowest BCUT2D eigenvalue weighted by atomic mass is 10.0. The minimum absolute atomic E-state index is 0.356. The van der Waals surface area contributed by atoms with Gasteiger partial charge in [-0.05, 0) is 37.1 Å². The van der Waals surface area contributed by atoms with Crippen LogP contribution >= 0.6 is 0 Å². The fraction of sp³-hybridized carbons (Fsp3) is 0.455. The van der Waals surface area contributed by atoms with Crippen LogP contribution in [0.4, 0.5) is 0 Å². The molecule has 0 aromatic heterocycles. The molecule has 0 atom stereocenters. The van der Waals surface area contributed by atoms with Crippen molar-refractivity contribution in [3.8, 4) is 0 Å². The zero-order valence-electron chi connectivity index (χ0n) is 9.53. The molecule has 1 aromatic carbocycles. The van der Waals surface area contributed by atoms with Crippen molar-refractivity contribution in [2.24, 2.45) is 0 Å². The van der Waals surface area contributed by atoms with E-state index in [-0.39, 0.29) is 0 Å². The molecule has 4 heteroatoms. The average molecular weight is 227 g/mol. The molecule has 0 fully saturated rings. The Morgan fingerprint density at radius 3 is 2.27 bits per heavy atom. The van der Waals surface area contributed by atoms with Gasteiger partial charge in [0.05, 0.1) is 4.90 Å². The zero-order valence-corrected chi connectivity index (χ0v) is 10.4. The Morgan fingerprint density at radius 1 is 1.27 bits per heavy atom. The van der Waals surface area contributed by atoms with Crippen molar-refractivity contribution in [1.82, 2.24) is 4.72 Å². The van der Waals surface area contributed by atoms with E-state index in [0.717, 1.165) is 11.1 Å². The summed E-state index contributed by atoms with van der Waals surface area (Å²) in [6, 6.07) is 5.45. The average Bonchev–Trinajstić information content (AvgIpc) is 2.17. The maximum atomic E-state index is 11.6. The van der Waals surface area contributed by atoms with Gasteiger partial charge >= 0.3 is 0 Å². The molecule has 1 aromatic rings. The topological polar surface area (TPSA) is 46.2 Å². The second-order valence-corrected chi connectivity index (χ2v) is 5.74. The van der Waals surface area contributed by atoms with Gasteiger partial charge in [0.2, 0.25) is 10.0 Å². The summed E-state index contributed by atoms with van der Waals surface area (Å²) in [6.07, 6.45) is 0. The Bertz CT molecular complexity index is 450. The highest BCUT2D eigenvalue weighted by molar-refractivity contribution is 7.89. The second kappa shape index (κ2) is 4.33. The van der Waals surface area contributed by atoms with Gasteiger partial charge in [-0.2, -0.15) is 0 Å². The molecule has 0 amide bonds. The summed E-state index contributed by atoms with van der Waals surface area (Å²) in [4.78, 5) is 0.356. The molecular formula is C11H17NO2S. The lowest BCUT2D eigenvalue weighted by Crippen LogP contribution is -2.19. The molecule has 3 nitrogen and oxygen atoms in total. The van der Waals surface area contributed by atoms with Crippen LogP contribution in [-0.2, 0) is 10.0 Å². The van der Waals surface area contributed by atoms with Gasteiger partial charge in [0.15, 0.2) is 0 Å². The number of sulfonamides is 1. The quantitative estimate of drug-likeness (QED) is 0.858. The Hall–Kier alpha value is -0.870. The highest BCUT2D eigenvalue weighted by Crippen LogP contribution is 2.21. The highest BCUT2D eigenvalue weighted by atomic mass is 32.2. The van der Waals surface area contributed by atoms with Gasteiger partial charge in [0, 0.05) is 0 Å². The molecule has 0 unspecified atom stereocenters. The van der Waals surface area contributed by atoms with Crippen LogP contribution in [0.2, 0.25) is 0 Å². The third-order valence-electron chi connectivity index (χ3n) is 2.42. The number of rotatable bonds is 3. The first-order valence-corrected chi connectivity index (χ1v) is 6.41. The third-order valence-corrected chi connectivity index (χ3v) is 4.00. The predicted octanol–water partition coefficient (Wildman–Crippen LogP) is 2.03. The van der Waals surface area contributed by atoms with Crippen molar-refractivity contribution in [2.75, 3.05) is 7.05 Å². The maximum absolute atomic E-state index is 11.6. The van der Waals surface area contributed by atoms with Crippen molar-refractivity contribution in [1.29, 1.82) is 0 Å². The molecule has 0 saturated carbocycles. The van der Waals surface area contributed by atoms with E-state index in [0.29, 0.717) is 10.8 Å². The van der Waals surface area contributed by atoms with E-state index in [1.165, 1.54) is 7.05 Å². The fourth-order valence-corrected chi connectivity index (χ4v) is 2.39. The van der Waals surface area contributed by atoms with Crippen LogP contribution in [-0.4, -0.2) is 15.5 Å². The normalized spacial score (nSPS) is 12.1. The SMILES string of the molecule is CNS(=O)(=O)c1ccc(C(C)C)cc1C. The molecule has 0 bridgehead atoms. The zero-order chi connectivity index (χ0) is 11.6. The summed E-state index contributed by atoms with van der Waals surface area (Å²) in [5, 5.41) is 0. The van der Waals surface area contributed by atoms with Crippen molar-refractivity contribution < 1.29 is 8.42 Å². The number of aryl methyl sites for hydroxylation is 1. The smallest absolute Gasteiger partial charge is 0.214 e. The van der Waals surface area contributed by atoms with E-state index in [9.17, 15) is 8.42 Å². The van der Waals surface area contributed by atoms with E-state index >= 15 is 0 Å². The number of nitrogens with one attached hydrogen (secondary N) is 1. The predicted molar refractivity (Wildman–Crippen MR) is 61.5 cm³/mol. The summed E-state index contributed by atoms with van der Waals surface area (Å²) in [7, 11) is -1.90. The Morgan fingerprint density at radius 2 is 1.87 bits per heavy atom. The highest BCUT2D eigenvalue weighted by Gasteiger charge is 2.14. The summed E-state index contributed by atoms with van der Waals surface area (Å²) >= 11 is 0. The summed E-state index contributed by atoms with van der Waals surface area (Å²) in [5.74, 6) is 0.412. The van der Waals surface area contributed by atoms with Gasteiger partial charge in [-0.1, -0.05) is 26.0 Å². The first-order valence-electron chi connectivity index (χ1n) is 4.92. The molecule has 0 heterocycles. The summed E-state index contributed by atoms with van der Waals surface area (Å²) in [6.45, 7) is 5.98. The van der Waals surface area contributed by atoms with Crippen LogP contribution in [0.15, 0.2) is 23.1 Å². The van der Waals surface area contributed by atoms with E-state index in [2.05, 4.69) is 18.6 Å². The van der Waals surface area contributed by atoms with Crippen LogP contribution in [0.25, 0.3) is 0 Å². The molecule has 0 saturated heterocycles. The van der Waals surface area contributed by atoms with E-state index in [4.69, 9.17) is 0 Å². The molecule has 0 aliphatic heterocycles. The second-order valence-electron chi connectivity index (χ2n) is 3.89. The van der Waals surface area contributed by atoms with E-state index in [1.807, 2.05) is 19.1 Å². The van der Waals surface area contributed by atoms with Crippen molar-refractivity contribution >= 4 is 10.0 Å². The van der Waals surface area contributed by atoms with E-state index < -0.39 is 10.0 Å². The Labute approximate surface area is 91.6 Å². The molecule has 0 radical (unpaired) electrons. The van der Waals surface area contributed by atoms with Gasteiger partial charge in [-0.15, -0.1) is 0 Å². The molecule has 0 aliphatic rings. The molecule has 0 aliphatic carbocycles. The minimum Gasteiger partial charge on any atom is -0.214 e. The van der Waals surface area contributed by atoms with Gasteiger partial charge in [0.1, 0.15) is 0 Å². The monoisotopic (exact) mass is 227 g/mol. The molecule has 15 heavy (non-hydrogen) atoms. The van der Waals surface area contributed by atoms with Crippen LogP contribution in [0, 0.1) is 6.92 Å². The van der Waals surface area contributed by atoms with Crippen LogP contribution < -0.4 is 4.72 Å². The summed E-state index contributed by atoms with van der Waals surface area (Å²) < 4.78 is 25.5. The lowest BCUT2D eigenvalue weighted by molar-refractivity contribution is 0.587. The van der Waals surface area contributed by atoms with E-state index in [1.54, 1.807) is 6.07 Å². The van der Waals surface area contributed by atoms with Crippen LogP contribution in [0.1, 0.15) is 30.9 Å².